The molecule has 1 heterocycles. The number of benzene rings is 1. The van der Waals surface area contributed by atoms with Crippen molar-refractivity contribution in [1.82, 2.24) is 9.55 Å². The van der Waals surface area contributed by atoms with Crippen LogP contribution in [0.4, 0.5) is 0 Å². The van der Waals surface area contributed by atoms with Gasteiger partial charge < -0.3 is 4.57 Å². The molecule has 0 N–H and O–H groups in total. The quantitative estimate of drug-likeness (QED) is 0.699. The molecule has 0 saturated heterocycles. The van der Waals surface area contributed by atoms with Gasteiger partial charge in [0.05, 0.1) is 16.4 Å². The molecule has 20 heavy (non-hydrogen) atoms. The lowest BCUT2D eigenvalue weighted by Crippen LogP contribution is -2.23. The highest BCUT2D eigenvalue weighted by Crippen LogP contribution is 2.32. The summed E-state index contributed by atoms with van der Waals surface area (Å²) in [5, 5.41) is -0.0750. The molecule has 0 aliphatic heterocycles. The van der Waals surface area contributed by atoms with Crippen molar-refractivity contribution in [2.45, 2.75) is 53.5 Å². The van der Waals surface area contributed by atoms with Crippen LogP contribution in [-0.4, -0.2) is 9.55 Å². The van der Waals surface area contributed by atoms with E-state index in [0.717, 1.165) is 17.9 Å². The molecular formula is C17H25ClN2. The van der Waals surface area contributed by atoms with Crippen LogP contribution in [0.15, 0.2) is 18.2 Å². The number of hydrogen-bond acceptors (Lipinski definition) is 1. The second-order valence-corrected chi connectivity index (χ2v) is 7.56. The minimum Gasteiger partial charge on any atom is -0.326 e. The number of alkyl halides is 1. The smallest absolute Gasteiger partial charge is 0.127 e. The third-order valence-electron chi connectivity index (χ3n) is 4.29. The van der Waals surface area contributed by atoms with Crippen molar-refractivity contribution in [3.63, 3.8) is 0 Å². The maximum atomic E-state index is 6.35. The van der Waals surface area contributed by atoms with Gasteiger partial charge in [0.1, 0.15) is 5.82 Å². The standard InChI is InChI=1S/C17H25ClN2/c1-11-8-7-9-14-15(11)20(16(19-14)13(3)18)10-12(2)17(4,5)6/h7-9,12-13H,10H2,1-6H3. The monoisotopic (exact) mass is 292 g/mol. The van der Waals surface area contributed by atoms with Gasteiger partial charge in [-0.1, -0.05) is 39.8 Å². The molecule has 0 aliphatic rings. The average Bonchev–Trinajstić information content (AvgIpc) is 2.68. The first kappa shape index (κ1) is 15.4. The SMILES string of the molecule is Cc1cccc2nc(C(C)Cl)n(CC(C)C(C)(C)C)c12. The highest BCUT2D eigenvalue weighted by atomic mass is 35.5. The highest BCUT2D eigenvalue weighted by Gasteiger charge is 2.24. The predicted octanol–water partition coefficient (Wildman–Crippen LogP) is 5.33. The Bertz CT molecular complexity index is 605. The van der Waals surface area contributed by atoms with Crippen molar-refractivity contribution in [2.75, 3.05) is 0 Å². The zero-order valence-electron chi connectivity index (χ0n) is 13.4. The van der Waals surface area contributed by atoms with Crippen molar-refractivity contribution in [2.24, 2.45) is 11.3 Å². The number of nitrogens with zero attached hydrogens (tertiary/aromatic N) is 2. The van der Waals surface area contributed by atoms with E-state index in [0.29, 0.717) is 5.92 Å². The number of halogens is 1. The third kappa shape index (κ3) is 2.85. The van der Waals surface area contributed by atoms with Crippen LogP contribution in [0.25, 0.3) is 11.0 Å². The van der Waals surface area contributed by atoms with Crippen LogP contribution in [0.5, 0.6) is 0 Å². The number of para-hydroxylation sites is 1. The number of imidazole rings is 1. The molecule has 2 aromatic rings. The van der Waals surface area contributed by atoms with Gasteiger partial charge in [-0.05, 0) is 36.8 Å². The number of hydrogen-bond donors (Lipinski definition) is 0. The second kappa shape index (κ2) is 5.40. The van der Waals surface area contributed by atoms with Gasteiger partial charge in [0, 0.05) is 6.54 Å². The summed E-state index contributed by atoms with van der Waals surface area (Å²) in [6, 6.07) is 6.28. The normalized spacial score (nSPS) is 15.6. The molecule has 2 unspecified atom stereocenters. The lowest BCUT2D eigenvalue weighted by atomic mass is 9.82. The molecule has 2 rings (SSSR count). The summed E-state index contributed by atoms with van der Waals surface area (Å²) in [7, 11) is 0. The Balaban J connectivity index is 2.57. The van der Waals surface area contributed by atoms with E-state index in [1.165, 1.54) is 11.1 Å². The van der Waals surface area contributed by atoms with E-state index in [1.54, 1.807) is 0 Å². The van der Waals surface area contributed by atoms with Crippen molar-refractivity contribution in [3.8, 4) is 0 Å². The van der Waals surface area contributed by atoms with Gasteiger partial charge in [0.2, 0.25) is 0 Å². The molecule has 0 fully saturated rings. The lowest BCUT2D eigenvalue weighted by Gasteiger charge is -2.28. The molecule has 3 heteroatoms. The molecule has 0 aliphatic carbocycles. The summed E-state index contributed by atoms with van der Waals surface area (Å²) in [6.07, 6.45) is 0. The Labute approximate surface area is 127 Å². The number of aryl methyl sites for hydroxylation is 1. The highest BCUT2D eigenvalue weighted by molar-refractivity contribution is 6.20. The van der Waals surface area contributed by atoms with Gasteiger partial charge >= 0.3 is 0 Å². The first-order chi connectivity index (χ1) is 9.21. The lowest BCUT2D eigenvalue weighted by molar-refractivity contribution is 0.233. The predicted molar refractivity (Wildman–Crippen MR) is 87.4 cm³/mol. The molecule has 0 spiro atoms. The van der Waals surface area contributed by atoms with E-state index in [-0.39, 0.29) is 10.8 Å². The van der Waals surface area contributed by atoms with Crippen LogP contribution < -0.4 is 0 Å². The van der Waals surface area contributed by atoms with Crippen LogP contribution in [0.2, 0.25) is 0 Å². The summed E-state index contributed by atoms with van der Waals surface area (Å²) in [5.41, 5.74) is 3.81. The molecule has 0 saturated carbocycles. The minimum absolute atomic E-state index is 0.0750. The van der Waals surface area contributed by atoms with E-state index in [4.69, 9.17) is 16.6 Å². The van der Waals surface area contributed by atoms with Crippen LogP contribution in [0.3, 0.4) is 0 Å². The van der Waals surface area contributed by atoms with Crippen LogP contribution in [-0.2, 0) is 6.54 Å². The Hall–Kier alpha value is -1.02. The molecule has 0 radical (unpaired) electrons. The summed E-state index contributed by atoms with van der Waals surface area (Å²) in [4.78, 5) is 4.74. The fourth-order valence-corrected chi connectivity index (χ4v) is 2.59. The van der Waals surface area contributed by atoms with E-state index < -0.39 is 0 Å². The zero-order chi connectivity index (χ0) is 15.1. The first-order valence-electron chi connectivity index (χ1n) is 7.31. The van der Waals surface area contributed by atoms with Crippen LogP contribution in [0, 0.1) is 18.3 Å². The van der Waals surface area contributed by atoms with Gasteiger partial charge in [0.25, 0.3) is 0 Å². The molecule has 110 valence electrons. The summed E-state index contributed by atoms with van der Waals surface area (Å²) >= 11 is 6.35. The fourth-order valence-electron chi connectivity index (χ4n) is 2.42. The maximum Gasteiger partial charge on any atom is 0.127 e. The largest absolute Gasteiger partial charge is 0.326 e. The average molecular weight is 293 g/mol. The summed E-state index contributed by atoms with van der Waals surface area (Å²) in [6.45, 7) is 14.2. The molecule has 2 atom stereocenters. The Morgan fingerprint density at radius 3 is 2.45 bits per heavy atom. The fraction of sp³-hybridized carbons (Fsp3) is 0.588. The van der Waals surface area contributed by atoms with Gasteiger partial charge in [0.15, 0.2) is 0 Å². The topological polar surface area (TPSA) is 17.8 Å². The number of fused-ring (bicyclic) bond motifs is 1. The van der Waals surface area contributed by atoms with Crippen molar-refractivity contribution < 1.29 is 0 Å². The van der Waals surface area contributed by atoms with Crippen LogP contribution in [0.1, 0.15) is 51.4 Å². The maximum absolute atomic E-state index is 6.35. The number of aromatic nitrogens is 2. The van der Waals surface area contributed by atoms with E-state index >= 15 is 0 Å². The van der Waals surface area contributed by atoms with E-state index in [9.17, 15) is 0 Å². The first-order valence-corrected chi connectivity index (χ1v) is 7.75. The van der Waals surface area contributed by atoms with Crippen molar-refractivity contribution >= 4 is 22.6 Å². The Kier molecular flexibility index (Phi) is 4.15. The van der Waals surface area contributed by atoms with Gasteiger partial charge in [-0.3, -0.25) is 0 Å². The molecule has 1 aromatic heterocycles. The van der Waals surface area contributed by atoms with Crippen molar-refractivity contribution in [3.05, 3.63) is 29.6 Å². The third-order valence-corrected chi connectivity index (χ3v) is 4.48. The molecular weight excluding hydrogens is 268 g/mol. The minimum atomic E-state index is -0.0750. The summed E-state index contributed by atoms with van der Waals surface area (Å²) < 4.78 is 2.32. The van der Waals surface area contributed by atoms with Crippen LogP contribution >= 0.6 is 11.6 Å². The molecule has 0 bridgehead atoms. The van der Waals surface area contributed by atoms with Gasteiger partial charge in [-0.25, -0.2) is 4.98 Å². The Morgan fingerprint density at radius 1 is 1.25 bits per heavy atom. The van der Waals surface area contributed by atoms with E-state index in [1.807, 2.05) is 6.92 Å². The van der Waals surface area contributed by atoms with Crippen molar-refractivity contribution in [1.29, 1.82) is 0 Å². The molecule has 2 nitrogen and oxygen atoms in total. The Morgan fingerprint density at radius 2 is 1.90 bits per heavy atom. The van der Waals surface area contributed by atoms with Gasteiger partial charge in [-0.15, -0.1) is 11.6 Å². The zero-order valence-corrected chi connectivity index (χ0v) is 14.1. The summed E-state index contributed by atoms with van der Waals surface area (Å²) in [5.74, 6) is 1.53. The van der Waals surface area contributed by atoms with Gasteiger partial charge in [-0.2, -0.15) is 0 Å². The molecule has 0 amide bonds. The second-order valence-electron chi connectivity index (χ2n) is 6.91. The number of rotatable bonds is 3. The van der Waals surface area contributed by atoms with E-state index in [2.05, 4.69) is 57.4 Å². The molecule has 1 aromatic carbocycles.